The van der Waals surface area contributed by atoms with E-state index in [4.69, 9.17) is 0 Å². The monoisotopic (exact) mass is 174 g/mol. The van der Waals surface area contributed by atoms with Crippen LogP contribution < -0.4 is 0 Å². The minimum atomic E-state index is -0.0994. The molecule has 66 valence electrons. The van der Waals surface area contributed by atoms with Crippen molar-refractivity contribution in [1.29, 1.82) is 0 Å². The summed E-state index contributed by atoms with van der Waals surface area (Å²) in [6.07, 6.45) is 4.07. The second-order valence-electron chi connectivity index (χ2n) is 3.49. The Balaban J connectivity index is 3.94. The summed E-state index contributed by atoms with van der Waals surface area (Å²) < 4.78 is 0. The van der Waals surface area contributed by atoms with Crippen molar-refractivity contribution in [2.45, 2.75) is 33.6 Å². The van der Waals surface area contributed by atoms with Crippen LogP contribution in [-0.2, 0) is 4.79 Å². The van der Waals surface area contributed by atoms with Crippen LogP contribution in [0.5, 0.6) is 0 Å². The van der Waals surface area contributed by atoms with E-state index in [2.05, 4.69) is 6.92 Å². The predicted molar refractivity (Wildman–Crippen MR) is 52.1 cm³/mol. The van der Waals surface area contributed by atoms with E-state index in [1.165, 1.54) is 0 Å². The Morgan fingerprint density at radius 3 is 2.36 bits per heavy atom. The average Bonchev–Trinajstić information content (AvgIpc) is 1.88. The smallest absolute Gasteiger partial charge is 0.148 e. The fraction of sp³-hybridized carbons (Fsp3) is 0.889. The van der Waals surface area contributed by atoms with Gasteiger partial charge in [0, 0.05) is 5.41 Å². The van der Waals surface area contributed by atoms with E-state index < -0.39 is 0 Å². The van der Waals surface area contributed by atoms with Gasteiger partial charge in [-0.15, -0.1) is 0 Å². The lowest BCUT2D eigenvalue weighted by Gasteiger charge is -2.21. The fourth-order valence-corrected chi connectivity index (χ4v) is 1.74. The lowest BCUT2D eigenvalue weighted by Crippen LogP contribution is -2.25. The van der Waals surface area contributed by atoms with E-state index in [0.717, 1.165) is 12.8 Å². The molecule has 2 heteroatoms. The highest BCUT2D eigenvalue weighted by molar-refractivity contribution is 7.99. The molecule has 0 spiro atoms. The quantitative estimate of drug-likeness (QED) is 0.637. The summed E-state index contributed by atoms with van der Waals surface area (Å²) in [5.74, 6) is 1.04. The van der Waals surface area contributed by atoms with E-state index in [0.29, 0.717) is 11.5 Å². The fourth-order valence-electron chi connectivity index (χ4n) is 1.09. The summed E-state index contributed by atoms with van der Waals surface area (Å²) in [7, 11) is 0. The maximum atomic E-state index is 11.4. The third-order valence-electron chi connectivity index (χ3n) is 1.91. The Morgan fingerprint density at radius 2 is 2.00 bits per heavy atom. The first-order chi connectivity index (χ1) is 5.04. The first-order valence-electron chi connectivity index (χ1n) is 4.07. The molecule has 0 saturated carbocycles. The highest BCUT2D eigenvalue weighted by Crippen LogP contribution is 2.24. The Kier molecular flexibility index (Phi) is 4.82. The van der Waals surface area contributed by atoms with Gasteiger partial charge in [-0.05, 0) is 12.7 Å². The largest absolute Gasteiger partial charge is 0.298 e. The Hall–Kier alpha value is 0.0200. The molecule has 0 fully saturated rings. The topological polar surface area (TPSA) is 17.1 Å². The van der Waals surface area contributed by atoms with Gasteiger partial charge in [-0.3, -0.25) is 4.79 Å². The van der Waals surface area contributed by atoms with Gasteiger partial charge in [0.2, 0.25) is 0 Å². The van der Waals surface area contributed by atoms with E-state index in [-0.39, 0.29) is 5.41 Å². The maximum Gasteiger partial charge on any atom is 0.148 e. The average molecular weight is 174 g/mol. The van der Waals surface area contributed by atoms with Gasteiger partial charge in [0.25, 0.3) is 0 Å². The molecule has 0 bridgehead atoms. The van der Waals surface area contributed by atoms with Gasteiger partial charge in [-0.25, -0.2) is 0 Å². The van der Waals surface area contributed by atoms with E-state index >= 15 is 0 Å². The Morgan fingerprint density at radius 1 is 1.45 bits per heavy atom. The van der Waals surface area contributed by atoms with E-state index in [9.17, 15) is 4.79 Å². The summed E-state index contributed by atoms with van der Waals surface area (Å²) in [6, 6.07) is 0. The zero-order valence-corrected chi connectivity index (χ0v) is 8.75. The SMILES string of the molecule is CCCC(C)(C)C(=O)CSC. The molecule has 0 unspecified atom stereocenters. The van der Waals surface area contributed by atoms with Gasteiger partial charge in [0.05, 0.1) is 5.75 Å². The van der Waals surface area contributed by atoms with Crippen molar-refractivity contribution in [2.75, 3.05) is 12.0 Å². The van der Waals surface area contributed by atoms with Crippen LogP contribution >= 0.6 is 11.8 Å². The molecule has 0 N–H and O–H groups in total. The normalized spacial score (nSPS) is 11.6. The zero-order chi connectivity index (χ0) is 8.91. The molecule has 0 aliphatic heterocycles. The van der Waals surface area contributed by atoms with Crippen molar-refractivity contribution in [3.63, 3.8) is 0 Å². The van der Waals surface area contributed by atoms with Gasteiger partial charge >= 0.3 is 0 Å². The van der Waals surface area contributed by atoms with Crippen molar-refractivity contribution >= 4 is 17.5 Å². The standard InChI is InChI=1S/C9H18OS/c1-5-6-9(2,3)8(10)7-11-4/h5-7H2,1-4H3. The summed E-state index contributed by atoms with van der Waals surface area (Å²) in [4.78, 5) is 11.4. The number of carbonyl (C=O) groups is 1. The van der Waals surface area contributed by atoms with Crippen LogP contribution in [0.1, 0.15) is 33.6 Å². The molecule has 0 aromatic rings. The number of thioether (sulfide) groups is 1. The minimum Gasteiger partial charge on any atom is -0.298 e. The molecule has 0 amide bonds. The summed E-state index contributed by atoms with van der Waals surface area (Å²) in [5, 5.41) is 0. The molecule has 0 aliphatic rings. The molecule has 0 aromatic carbocycles. The molecule has 1 nitrogen and oxygen atoms in total. The van der Waals surface area contributed by atoms with E-state index in [1.807, 2.05) is 20.1 Å². The number of hydrogen-bond acceptors (Lipinski definition) is 2. The molecule has 0 atom stereocenters. The Labute approximate surface area is 73.9 Å². The second-order valence-corrected chi connectivity index (χ2v) is 4.36. The van der Waals surface area contributed by atoms with Crippen LogP contribution in [0.15, 0.2) is 0 Å². The number of rotatable bonds is 5. The first-order valence-corrected chi connectivity index (χ1v) is 5.46. The van der Waals surface area contributed by atoms with Crippen LogP contribution in [-0.4, -0.2) is 17.8 Å². The number of hydrogen-bond donors (Lipinski definition) is 0. The summed E-state index contributed by atoms with van der Waals surface area (Å²) >= 11 is 1.61. The number of carbonyl (C=O) groups excluding carboxylic acids is 1. The van der Waals surface area contributed by atoms with Gasteiger partial charge in [-0.2, -0.15) is 11.8 Å². The van der Waals surface area contributed by atoms with Crippen LogP contribution in [0.25, 0.3) is 0 Å². The van der Waals surface area contributed by atoms with Gasteiger partial charge in [-0.1, -0.05) is 27.2 Å². The molecule has 0 aromatic heterocycles. The maximum absolute atomic E-state index is 11.4. The van der Waals surface area contributed by atoms with Crippen LogP contribution in [0.3, 0.4) is 0 Å². The van der Waals surface area contributed by atoms with Crippen LogP contribution in [0, 0.1) is 5.41 Å². The molecule has 0 saturated heterocycles. The van der Waals surface area contributed by atoms with Crippen LogP contribution in [0.4, 0.5) is 0 Å². The highest BCUT2D eigenvalue weighted by Gasteiger charge is 2.24. The van der Waals surface area contributed by atoms with E-state index in [1.54, 1.807) is 11.8 Å². The molecular weight excluding hydrogens is 156 g/mol. The third-order valence-corrected chi connectivity index (χ3v) is 2.46. The van der Waals surface area contributed by atoms with Crippen molar-refractivity contribution in [3.8, 4) is 0 Å². The molecule has 0 radical (unpaired) electrons. The van der Waals surface area contributed by atoms with Crippen molar-refractivity contribution in [1.82, 2.24) is 0 Å². The van der Waals surface area contributed by atoms with Gasteiger partial charge < -0.3 is 0 Å². The predicted octanol–water partition coefficient (Wildman–Crippen LogP) is 2.74. The minimum absolute atomic E-state index is 0.0994. The molecule has 0 aliphatic carbocycles. The van der Waals surface area contributed by atoms with Gasteiger partial charge in [0.15, 0.2) is 0 Å². The van der Waals surface area contributed by atoms with Crippen molar-refractivity contribution < 1.29 is 4.79 Å². The zero-order valence-electron chi connectivity index (χ0n) is 7.94. The lowest BCUT2D eigenvalue weighted by molar-refractivity contribution is -0.124. The molecule has 0 rings (SSSR count). The summed E-state index contributed by atoms with van der Waals surface area (Å²) in [6.45, 7) is 6.19. The molecule has 0 heterocycles. The van der Waals surface area contributed by atoms with Crippen molar-refractivity contribution in [3.05, 3.63) is 0 Å². The summed E-state index contributed by atoms with van der Waals surface area (Å²) in [5.41, 5.74) is -0.0994. The van der Waals surface area contributed by atoms with Gasteiger partial charge in [0.1, 0.15) is 5.78 Å². The molecular formula is C9H18OS. The van der Waals surface area contributed by atoms with Crippen molar-refractivity contribution in [2.24, 2.45) is 5.41 Å². The number of Topliss-reactive ketones (excluding diaryl/α,β-unsaturated/α-hetero) is 1. The first kappa shape index (κ1) is 11.0. The number of ketones is 1. The third kappa shape index (κ3) is 3.80. The Bertz CT molecular complexity index is 130. The van der Waals surface area contributed by atoms with Crippen LogP contribution in [0.2, 0.25) is 0 Å². The molecule has 11 heavy (non-hydrogen) atoms. The second kappa shape index (κ2) is 4.81. The lowest BCUT2D eigenvalue weighted by atomic mass is 9.84. The highest BCUT2D eigenvalue weighted by atomic mass is 32.2.